The molecule has 1 aliphatic carbocycles. The number of fused-ring (bicyclic) bond motifs is 1. The summed E-state index contributed by atoms with van der Waals surface area (Å²) in [5.74, 6) is -1.21. The van der Waals surface area contributed by atoms with Crippen LogP contribution >= 0.6 is 0 Å². The number of carboxylic acid groups (broad SMARTS) is 2. The number of aliphatic carboxylic acids is 1. The van der Waals surface area contributed by atoms with Crippen molar-refractivity contribution in [2.45, 2.75) is 0 Å². The van der Waals surface area contributed by atoms with Crippen molar-refractivity contribution in [1.82, 2.24) is 4.90 Å². The highest BCUT2D eigenvalue weighted by Crippen LogP contribution is 2.40. The monoisotopic (exact) mass is 209 g/mol. The zero-order valence-electron chi connectivity index (χ0n) is 7.96. The van der Waals surface area contributed by atoms with Gasteiger partial charge in [0.2, 0.25) is 0 Å². The normalized spacial score (nSPS) is 32.8. The van der Waals surface area contributed by atoms with Gasteiger partial charge in [-0.1, -0.05) is 24.3 Å². The third kappa shape index (κ3) is 1.31. The highest BCUT2D eigenvalue weighted by atomic mass is 16.4. The summed E-state index contributed by atoms with van der Waals surface area (Å²) in [6, 6.07) is 0. The fourth-order valence-corrected chi connectivity index (χ4v) is 2.18. The van der Waals surface area contributed by atoms with Gasteiger partial charge in [-0.05, 0) is 0 Å². The van der Waals surface area contributed by atoms with Gasteiger partial charge in [-0.25, -0.2) is 4.79 Å². The molecular formula is C10H11NO4. The third-order valence-corrected chi connectivity index (χ3v) is 3.05. The fourth-order valence-electron chi connectivity index (χ4n) is 2.18. The average Bonchev–Trinajstić information content (AvgIpc) is 2.58. The Bertz CT molecular complexity index is 374. The van der Waals surface area contributed by atoms with Crippen molar-refractivity contribution in [3.63, 3.8) is 0 Å². The zero-order chi connectivity index (χ0) is 11.1. The van der Waals surface area contributed by atoms with E-state index in [2.05, 4.69) is 0 Å². The predicted octanol–water partition coefficient (Wildman–Crippen LogP) is 0.793. The lowest BCUT2D eigenvalue weighted by atomic mass is 9.75. The van der Waals surface area contributed by atoms with E-state index in [1.807, 2.05) is 0 Å². The van der Waals surface area contributed by atoms with Crippen LogP contribution in [0.3, 0.4) is 0 Å². The van der Waals surface area contributed by atoms with Crippen LogP contribution in [0.4, 0.5) is 4.79 Å². The number of hydrogen-bond donors (Lipinski definition) is 2. The predicted molar refractivity (Wildman–Crippen MR) is 51.4 cm³/mol. The Kier molecular flexibility index (Phi) is 2.03. The number of hydrogen-bond acceptors (Lipinski definition) is 2. The first-order chi connectivity index (χ1) is 7.06. The summed E-state index contributed by atoms with van der Waals surface area (Å²) in [6.45, 7) is 0.283. The van der Waals surface area contributed by atoms with Crippen LogP contribution in [-0.2, 0) is 4.79 Å². The highest BCUT2D eigenvalue weighted by molar-refractivity contribution is 5.81. The molecule has 0 radical (unpaired) electrons. The van der Waals surface area contributed by atoms with Crippen LogP contribution in [0.25, 0.3) is 0 Å². The lowest BCUT2D eigenvalue weighted by Crippen LogP contribution is -2.38. The van der Waals surface area contributed by atoms with Crippen molar-refractivity contribution in [3.8, 4) is 0 Å². The molecule has 80 valence electrons. The molecule has 0 aromatic heterocycles. The average molecular weight is 209 g/mol. The minimum atomic E-state index is -1.06. The van der Waals surface area contributed by atoms with Gasteiger partial charge in [0.15, 0.2) is 0 Å². The van der Waals surface area contributed by atoms with Crippen LogP contribution in [0.15, 0.2) is 24.3 Å². The Morgan fingerprint density at radius 1 is 1.33 bits per heavy atom. The molecule has 1 aliphatic heterocycles. The van der Waals surface area contributed by atoms with Gasteiger partial charge in [0.1, 0.15) is 5.41 Å². The molecule has 2 rings (SSSR count). The second kappa shape index (κ2) is 3.12. The Morgan fingerprint density at radius 2 is 2.07 bits per heavy atom. The number of rotatable bonds is 1. The van der Waals surface area contributed by atoms with E-state index in [9.17, 15) is 14.7 Å². The van der Waals surface area contributed by atoms with Crippen molar-refractivity contribution < 1.29 is 19.8 Å². The first-order valence-electron chi connectivity index (χ1n) is 4.63. The van der Waals surface area contributed by atoms with Crippen LogP contribution in [0.1, 0.15) is 0 Å². The van der Waals surface area contributed by atoms with E-state index < -0.39 is 17.5 Å². The van der Waals surface area contributed by atoms with Gasteiger partial charge in [0.05, 0.1) is 0 Å². The second-order valence-corrected chi connectivity index (χ2v) is 3.86. The van der Waals surface area contributed by atoms with Crippen molar-refractivity contribution in [2.24, 2.45) is 11.3 Å². The van der Waals surface area contributed by atoms with Gasteiger partial charge in [-0.3, -0.25) is 4.79 Å². The van der Waals surface area contributed by atoms with E-state index in [4.69, 9.17) is 5.11 Å². The summed E-state index contributed by atoms with van der Waals surface area (Å²) in [6.07, 6.45) is 5.71. The highest BCUT2D eigenvalue weighted by Gasteiger charge is 2.51. The van der Waals surface area contributed by atoms with Crippen molar-refractivity contribution >= 4 is 12.1 Å². The minimum Gasteiger partial charge on any atom is -0.481 e. The summed E-state index contributed by atoms with van der Waals surface area (Å²) >= 11 is 0. The standard InChI is InChI=1S/C10H11NO4/c12-8(13)10-4-2-1-3-7(10)5-11(6-10)9(14)15/h1-4,7H,5-6H2,(H,12,13)(H,14,15)/t7-,10-/m0/s1. The van der Waals surface area contributed by atoms with Crippen LogP contribution < -0.4 is 0 Å². The van der Waals surface area contributed by atoms with Gasteiger partial charge >= 0.3 is 12.1 Å². The first-order valence-corrected chi connectivity index (χ1v) is 4.63. The van der Waals surface area contributed by atoms with Crippen LogP contribution in [0.5, 0.6) is 0 Å². The summed E-state index contributed by atoms with van der Waals surface area (Å²) < 4.78 is 0. The van der Waals surface area contributed by atoms with Crippen molar-refractivity contribution in [1.29, 1.82) is 0 Å². The molecule has 5 nitrogen and oxygen atoms in total. The molecule has 1 heterocycles. The SMILES string of the molecule is O=C(O)N1C[C@@H]2C=CC=C[C@]2(C(=O)O)C1. The van der Waals surface area contributed by atoms with E-state index in [0.717, 1.165) is 4.90 Å². The molecule has 2 aliphatic rings. The Morgan fingerprint density at radius 3 is 2.60 bits per heavy atom. The Labute approximate surface area is 86.3 Å². The number of carboxylic acids is 1. The molecule has 0 bridgehead atoms. The lowest BCUT2D eigenvalue weighted by molar-refractivity contribution is -0.146. The molecule has 0 spiro atoms. The van der Waals surface area contributed by atoms with Gasteiger partial charge < -0.3 is 15.1 Å². The van der Waals surface area contributed by atoms with E-state index in [1.165, 1.54) is 0 Å². The van der Waals surface area contributed by atoms with E-state index >= 15 is 0 Å². The summed E-state index contributed by atoms with van der Waals surface area (Å²) in [5, 5.41) is 18.0. The molecule has 2 N–H and O–H groups in total. The Hall–Kier alpha value is -1.78. The van der Waals surface area contributed by atoms with Gasteiger partial charge in [0, 0.05) is 19.0 Å². The summed E-state index contributed by atoms with van der Waals surface area (Å²) in [4.78, 5) is 23.2. The molecule has 0 unspecified atom stereocenters. The molecule has 1 saturated heterocycles. The number of carbonyl (C=O) groups is 2. The maximum Gasteiger partial charge on any atom is 0.407 e. The molecule has 0 aromatic carbocycles. The molecular weight excluding hydrogens is 198 g/mol. The fraction of sp³-hybridized carbons (Fsp3) is 0.400. The molecule has 5 heteroatoms. The number of likely N-dealkylation sites (tertiary alicyclic amines) is 1. The zero-order valence-corrected chi connectivity index (χ0v) is 7.96. The van der Waals surface area contributed by atoms with Gasteiger partial charge in [-0.2, -0.15) is 0 Å². The Balaban J connectivity index is 2.34. The topological polar surface area (TPSA) is 77.8 Å². The molecule has 2 atom stereocenters. The van der Waals surface area contributed by atoms with Crippen LogP contribution in [0.2, 0.25) is 0 Å². The van der Waals surface area contributed by atoms with Crippen molar-refractivity contribution in [2.75, 3.05) is 13.1 Å². The number of allylic oxidation sites excluding steroid dienone is 2. The van der Waals surface area contributed by atoms with Crippen LogP contribution in [-0.4, -0.2) is 40.3 Å². The number of amides is 1. The largest absolute Gasteiger partial charge is 0.481 e. The van der Waals surface area contributed by atoms with E-state index in [-0.39, 0.29) is 19.0 Å². The molecule has 1 fully saturated rings. The van der Waals surface area contributed by atoms with E-state index in [1.54, 1.807) is 24.3 Å². The number of nitrogens with zero attached hydrogens (tertiary/aromatic N) is 1. The second-order valence-electron chi connectivity index (χ2n) is 3.86. The van der Waals surface area contributed by atoms with E-state index in [0.29, 0.717) is 0 Å². The minimum absolute atomic E-state index is 0.0309. The smallest absolute Gasteiger partial charge is 0.407 e. The lowest BCUT2D eigenvalue weighted by Gasteiger charge is -2.26. The first kappa shape index (κ1) is 9.76. The molecule has 0 saturated carbocycles. The maximum atomic E-state index is 11.2. The molecule has 15 heavy (non-hydrogen) atoms. The summed E-state index contributed by atoms with van der Waals surface area (Å²) in [5.41, 5.74) is -1.06. The summed E-state index contributed by atoms with van der Waals surface area (Å²) in [7, 11) is 0. The maximum absolute atomic E-state index is 11.2. The van der Waals surface area contributed by atoms with Gasteiger partial charge in [-0.15, -0.1) is 0 Å². The molecule has 1 amide bonds. The van der Waals surface area contributed by atoms with Gasteiger partial charge in [0.25, 0.3) is 0 Å². The van der Waals surface area contributed by atoms with Crippen molar-refractivity contribution in [3.05, 3.63) is 24.3 Å². The van der Waals surface area contributed by atoms with Crippen LogP contribution in [0, 0.1) is 11.3 Å². The molecule has 0 aromatic rings. The third-order valence-electron chi connectivity index (χ3n) is 3.05. The quantitative estimate of drug-likeness (QED) is 0.669.